The van der Waals surface area contributed by atoms with E-state index in [9.17, 15) is 4.79 Å². The summed E-state index contributed by atoms with van der Waals surface area (Å²) in [6.45, 7) is 5.43. The first-order valence-corrected chi connectivity index (χ1v) is 8.05. The van der Waals surface area contributed by atoms with Crippen LogP contribution in [0.5, 0.6) is 5.75 Å². The second-order valence-electron chi connectivity index (χ2n) is 6.06. The van der Waals surface area contributed by atoms with Gasteiger partial charge in [-0.05, 0) is 51.0 Å². The van der Waals surface area contributed by atoms with Gasteiger partial charge in [-0.3, -0.25) is 4.79 Å². The normalized spacial score (nSPS) is 15.9. The highest BCUT2D eigenvalue weighted by Gasteiger charge is 2.25. The molecular weight excluding hydrogens is 292 g/mol. The first-order chi connectivity index (χ1) is 11.1. The SMILES string of the molecule is CC(C)Oc1ccc(C(=O)N2CCC(n3nccn3)CC2)cc1. The number of hydrogen-bond acceptors (Lipinski definition) is 4. The fourth-order valence-corrected chi connectivity index (χ4v) is 2.85. The van der Waals surface area contributed by atoms with E-state index in [1.54, 1.807) is 17.2 Å². The standard InChI is InChI=1S/C17H22N4O2/c1-13(2)23-16-5-3-14(4-6-16)17(22)20-11-7-15(8-12-20)21-18-9-10-19-21/h3-6,9-10,13,15H,7-8,11-12H2,1-2H3. The summed E-state index contributed by atoms with van der Waals surface area (Å²) in [6, 6.07) is 7.67. The number of carbonyl (C=O) groups excluding carboxylic acids is 1. The molecule has 1 aliphatic heterocycles. The van der Waals surface area contributed by atoms with Crippen LogP contribution in [0, 0.1) is 0 Å². The molecule has 6 nitrogen and oxygen atoms in total. The van der Waals surface area contributed by atoms with Crippen molar-refractivity contribution in [3.63, 3.8) is 0 Å². The summed E-state index contributed by atoms with van der Waals surface area (Å²) >= 11 is 0. The van der Waals surface area contributed by atoms with Crippen LogP contribution in [-0.4, -0.2) is 45.0 Å². The number of hydrogen-bond donors (Lipinski definition) is 0. The number of carbonyl (C=O) groups is 1. The molecule has 0 spiro atoms. The molecule has 1 aromatic carbocycles. The third-order valence-electron chi connectivity index (χ3n) is 3.99. The molecule has 0 bridgehead atoms. The Kier molecular flexibility index (Phi) is 4.60. The second kappa shape index (κ2) is 6.81. The number of aromatic nitrogens is 3. The monoisotopic (exact) mass is 314 g/mol. The Morgan fingerprint density at radius 2 is 1.74 bits per heavy atom. The van der Waals surface area contributed by atoms with Gasteiger partial charge in [-0.1, -0.05) is 0 Å². The van der Waals surface area contributed by atoms with Crippen molar-refractivity contribution in [1.29, 1.82) is 0 Å². The summed E-state index contributed by atoms with van der Waals surface area (Å²) in [6.07, 6.45) is 5.28. The highest BCUT2D eigenvalue weighted by atomic mass is 16.5. The van der Waals surface area contributed by atoms with E-state index >= 15 is 0 Å². The molecule has 1 fully saturated rings. The van der Waals surface area contributed by atoms with Crippen LogP contribution >= 0.6 is 0 Å². The molecule has 0 unspecified atom stereocenters. The minimum atomic E-state index is 0.0768. The van der Waals surface area contributed by atoms with E-state index in [0.29, 0.717) is 5.56 Å². The van der Waals surface area contributed by atoms with Crippen LogP contribution in [0.4, 0.5) is 0 Å². The van der Waals surface area contributed by atoms with Crippen LogP contribution in [0.3, 0.4) is 0 Å². The fraction of sp³-hybridized carbons (Fsp3) is 0.471. The van der Waals surface area contributed by atoms with Gasteiger partial charge in [0.1, 0.15) is 5.75 Å². The van der Waals surface area contributed by atoms with Gasteiger partial charge in [-0.25, -0.2) is 0 Å². The van der Waals surface area contributed by atoms with Crippen molar-refractivity contribution >= 4 is 5.91 Å². The van der Waals surface area contributed by atoms with Crippen LogP contribution in [0.15, 0.2) is 36.7 Å². The Balaban J connectivity index is 1.58. The summed E-state index contributed by atoms with van der Waals surface area (Å²) in [7, 11) is 0. The molecule has 2 heterocycles. The predicted octanol–water partition coefficient (Wildman–Crippen LogP) is 2.54. The maximum absolute atomic E-state index is 12.6. The van der Waals surface area contributed by atoms with Crippen LogP contribution < -0.4 is 4.74 Å². The van der Waals surface area contributed by atoms with Gasteiger partial charge in [-0.2, -0.15) is 15.0 Å². The largest absolute Gasteiger partial charge is 0.491 e. The molecule has 23 heavy (non-hydrogen) atoms. The van der Waals surface area contributed by atoms with E-state index in [-0.39, 0.29) is 18.1 Å². The average Bonchev–Trinajstić information content (AvgIpc) is 3.09. The molecule has 122 valence electrons. The molecule has 1 aliphatic rings. The van der Waals surface area contributed by atoms with Gasteiger partial charge < -0.3 is 9.64 Å². The molecule has 1 saturated heterocycles. The zero-order chi connectivity index (χ0) is 16.2. The van der Waals surface area contributed by atoms with Gasteiger partial charge >= 0.3 is 0 Å². The number of ether oxygens (including phenoxy) is 1. The molecule has 6 heteroatoms. The van der Waals surface area contributed by atoms with Gasteiger partial charge in [0.2, 0.25) is 0 Å². The van der Waals surface area contributed by atoms with E-state index in [0.717, 1.165) is 31.7 Å². The summed E-state index contributed by atoms with van der Waals surface area (Å²) < 4.78 is 5.61. The Morgan fingerprint density at radius 3 is 2.30 bits per heavy atom. The number of amides is 1. The van der Waals surface area contributed by atoms with Crippen molar-refractivity contribution in [3.8, 4) is 5.75 Å². The lowest BCUT2D eigenvalue weighted by atomic mass is 10.0. The lowest BCUT2D eigenvalue weighted by Gasteiger charge is -2.31. The van der Waals surface area contributed by atoms with E-state index in [1.165, 1.54) is 0 Å². The van der Waals surface area contributed by atoms with Crippen molar-refractivity contribution in [1.82, 2.24) is 19.9 Å². The molecule has 0 N–H and O–H groups in total. The Morgan fingerprint density at radius 1 is 1.13 bits per heavy atom. The second-order valence-corrected chi connectivity index (χ2v) is 6.06. The third-order valence-corrected chi connectivity index (χ3v) is 3.99. The Labute approximate surface area is 136 Å². The zero-order valence-corrected chi connectivity index (χ0v) is 13.6. The number of nitrogens with zero attached hydrogens (tertiary/aromatic N) is 4. The van der Waals surface area contributed by atoms with Gasteiger partial charge in [-0.15, -0.1) is 0 Å². The molecular formula is C17H22N4O2. The van der Waals surface area contributed by atoms with Crippen molar-refractivity contribution in [2.45, 2.75) is 38.8 Å². The van der Waals surface area contributed by atoms with Crippen molar-refractivity contribution in [2.24, 2.45) is 0 Å². The Bertz CT molecular complexity index is 629. The van der Waals surface area contributed by atoms with E-state index in [4.69, 9.17) is 4.74 Å². The molecule has 0 atom stereocenters. The van der Waals surface area contributed by atoms with E-state index < -0.39 is 0 Å². The summed E-state index contributed by atoms with van der Waals surface area (Å²) in [5.41, 5.74) is 0.705. The van der Waals surface area contributed by atoms with Gasteiger partial charge in [0.25, 0.3) is 5.91 Å². The first-order valence-electron chi connectivity index (χ1n) is 8.05. The topological polar surface area (TPSA) is 60.2 Å². The molecule has 0 aliphatic carbocycles. The number of benzene rings is 1. The summed E-state index contributed by atoms with van der Waals surface area (Å²) in [5.74, 6) is 0.869. The van der Waals surface area contributed by atoms with E-state index in [2.05, 4.69) is 10.2 Å². The number of likely N-dealkylation sites (tertiary alicyclic amines) is 1. The smallest absolute Gasteiger partial charge is 0.253 e. The van der Waals surface area contributed by atoms with Gasteiger partial charge in [0.15, 0.2) is 0 Å². The van der Waals surface area contributed by atoms with Crippen LogP contribution in [0.25, 0.3) is 0 Å². The quantitative estimate of drug-likeness (QED) is 0.870. The van der Waals surface area contributed by atoms with Crippen molar-refractivity contribution in [2.75, 3.05) is 13.1 Å². The van der Waals surface area contributed by atoms with Gasteiger partial charge in [0, 0.05) is 18.7 Å². The maximum atomic E-state index is 12.6. The predicted molar refractivity (Wildman–Crippen MR) is 86.4 cm³/mol. The number of rotatable bonds is 4. The van der Waals surface area contributed by atoms with Crippen LogP contribution in [0.1, 0.15) is 43.1 Å². The number of piperidine rings is 1. The van der Waals surface area contributed by atoms with Gasteiger partial charge in [0.05, 0.1) is 24.5 Å². The lowest BCUT2D eigenvalue weighted by Crippen LogP contribution is -2.39. The van der Waals surface area contributed by atoms with Crippen LogP contribution in [0.2, 0.25) is 0 Å². The molecule has 1 aromatic heterocycles. The maximum Gasteiger partial charge on any atom is 0.253 e. The van der Waals surface area contributed by atoms with E-state index in [1.807, 2.05) is 43.0 Å². The minimum absolute atomic E-state index is 0.0768. The summed E-state index contributed by atoms with van der Waals surface area (Å²) in [5, 5.41) is 8.38. The highest BCUT2D eigenvalue weighted by Crippen LogP contribution is 2.22. The summed E-state index contributed by atoms with van der Waals surface area (Å²) in [4.78, 5) is 16.2. The minimum Gasteiger partial charge on any atom is -0.491 e. The molecule has 2 aromatic rings. The molecule has 1 amide bonds. The molecule has 0 radical (unpaired) electrons. The fourth-order valence-electron chi connectivity index (χ4n) is 2.85. The lowest BCUT2D eigenvalue weighted by molar-refractivity contribution is 0.0683. The van der Waals surface area contributed by atoms with Crippen molar-refractivity contribution < 1.29 is 9.53 Å². The Hall–Kier alpha value is -2.37. The van der Waals surface area contributed by atoms with Crippen LogP contribution in [-0.2, 0) is 0 Å². The average molecular weight is 314 g/mol. The zero-order valence-electron chi connectivity index (χ0n) is 13.6. The molecule has 3 rings (SSSR count). The third kappa shape index (κ3) is 3.70. The highest BCUT2D eigenvalue weighted by molar-refractivity contribution is 5.94. The molecule has 0 saturated carbocycles. The first kappa shape index (κ1) is 15.5. The van der Waals surface area contributed by atoms with Crippen molar-refractivity contribution in [3.05, 3.63) is 42.2 Å².